The zero-order valence-electron chi connectivity index (χ0n) is 5.30. The number of benzene rings is 1. The fourth-order valence-electron chi connectivity index (χ4n) is 0.718. The fraction of sp³-hybridized carbons (Fsp3) is 0.125. The minimum Gasteiger partial charge on any atom is -0.285 e. The monoisotopic (exact) mass is 153 g/mol. The molecule has 0 fully saturated rings. The molecule has 51 valence electrons. The SMILES string of the molecule is O=[C]c1cccc(CCl)c1. The molecule has 0 saturated carbocycles. The summed E-state index contributed by atoms with van der Waals surface area (Å²) in [6.07, 6.45) is 1.79. The third-order valence-electron chi connectivity index (χ3n) is 1.20. The molecule has 1 nitrogen and oxygen atoms in total. The summed E-state index contributed by atoms with van der Waals surface area (Å²) in [5.74, 6) is 0.440. The van der Waals surface area contributed by atoms with Gasteiger partial charge in [-0.3, -0.25) is 4.79 Å². The van der Waals surface area contributed by atoms with Gasteiger partial charge in [0.2, 0.25) is 6.29 Å². The third kappa shape index (κ3) is 1.58. The molecule has 0 N–H and O–H groups in total. The lowest BCUT2D eigenvalue weighted by Gasteiger charge is -1.92. The lowest BCUT2D eigenvalue weighted by atomic mass is 10.2. The van der Waals surface area contributed by atoms with Crippen molar-refractivity contribution in [3.8, 4) is 0 Å². The van der Waals surface area contributed by atoms with E-state index in [2.05, 4.69) is 0 Å². The summed E-state index contributed by atoms with van der Waals surface area (Å²) < 4.78 is 0. The first-order chi connectivity index (χ1) is 4.86. The molecule has 10 heavy (non-hydrogen) atoms. The van der Waals surface area contributed by atoms with Crippen LogP contribution in [-0.2, 0) is 10.7 Å². The van der Waals surface area contributed by atoms with E-state index in [1.165, 1.54) is 0 Å². The van der Waals surface area contributed by atoms with E-state index in [-0.39, 0.29) is 0 Å². The lowest BCUT2D eigenvalue weighted by Crippen LogP contribution is -1.82. The Morgan fingerprint density at radius 3 is 2.90 bits per heavy atom. The van der Waals surface area contributed by atoms with E-state index in [0.717, 1.165) is 5.56 Å². The van der Waals surface area contributed by atoms with Crippen LogP contribution in [0.1, 0.15) is 11.1 Å². The summed E-state index contributed by atoms with van der Waals surface area (Å²) >= 11 is 5.53. The maximum absolute atomic E-state index is 10.1. The Kier molecular flexibility index (Phi) is 2.46. The molecular weight excluding hydrogens is 148 g/mol. The number of rotatable bonds is 2. The smallest absolute Gasteiger partial charge is 0.233 e. The van der Waals surface area contributed by atoms with Crippen LogP contribution in [0.2, 0.25) is 0 Å². The van der Waals surface area contributed by atoms with Crippen molar-refractivity contribution in [2.75, 3.05) is 0 Å². The van der Waals surface area contributed by atoms with Gasteiger partial charge < -0.3 is 0 Å². The van der Waals surface area contributed by atoms with E-state index in [4.69, 9.17) is 11.6 Å². The van der Waals surface area contributed by atoms with Crippen molar-refractivity contribution < 1.29 is 4.79 Å². The number of hydrogen-bond acceptors (Lipinski definition) is 1. The fourth-order valence-corrected chi connectivity index (χ4v) is 0.884. The molecule has 1 aromatic carbocycles. The number of carbonyl (C=O) groups excluding carboxylic acids is 1. The first-order valence-electron chi connectivity index (χ1n) is 2.90. The summed E-state index contributed by atoms with van der Waals surface area (Å²) in [4.78, 5) is 10.1. The van der Waals surface area contributed by atoms with Crippen LogP contribution in [0.5, 0.6) is 0 Å². The van der Waals surface area contributed by atoms with Crippen LogP contribution in [0.25, 0.3) is 0 Å². The highest BCUT2D eigenvalue weighted by Crippen LogP contribution is 2.05. The Labute approximate surface area is 64.6 Å². The van der Waals surface area contributed by atoms with Gasteiger partial charge >= 0.3 is 0 Å². The molecule has 0 spiro atoms. The first kappa shape index (κ1) is 7.29. The average Bonchev–Trinajstić information content (AvgIpc) is 2.05. The van der Waals surface area contributed by atoms with Crippen LogP contribution in [-0.4, -0.2) is 6.29 Å². The van der Waals surface area contributed by atoms with Crippen LogP contribution < -0.4 is 0 Å². The van der Waals surface area contributed by atoms with Crippen molar-refractivity contribution in [1.29, 1.82) is 0 Å². The molecule has 0 aliphatic carbocycles. The topological polar surface area (TPSA) is 17.1 Å². The van der Waals surface area contributed by atoms with Crippen molar-refractivity contribution in [1.82, 2.24) is 0 Å². The molecule has 0 atom stereocenters. The number of halogens is 1. The quantitative estimate of drug-likeness (QED) is 0.593. The molecule has 0 heterocycles. The standard InChI is InChI=1S/C8H6ClO/c9-5-7-2-1-3-8(4-7)6-10/h1-4H,5H2. The molecule has 0 saturated heterocycles. The summed E-state index contributed by atoms with van der Waals surface area (Å²) in [5.41, 5.74) is 1.50. The molecule has 0 unspecified atom stereocenters. The van der Waals surface area contributed by atoms with Gasteiger partial charge in [-0.15, -0.1) is 11.6 Å². The van der Waals surface area contributed by atoms with Crippen LogP contribution in [0, 0.1) is 0 Å². The van der Waals surface area contributed by atoms with Gasteiger partial charge in [-0.2, -0.15) is 0 Å². The van der Waals surface area contributed by atoms with E-state index in [1.807, 2.05) is 6.07 Å². The molecular formula is C8H6ClO. The van der Waals surface area contributed by atoms with E-state index in [0.29, 0.717) is 11.4 Å². The molecule has 1 radical (unpaired) electrons. The Morgan fingerprint density at radius 2 is 2.30 bits per heavy atom. The van der Waals surface area contributed by atoms with Gasteiger partial charge in [0.05, 0.1) is 0 Å². The van der Waals surface area contributed by atoms with E-state index < -0.39 is 0 Å². The highest BCUT2D eigenvalue weighted by molar-refractivity contribution is 6.17. The molecule has 0 aliphatic rings. The summed E-state index contributed by atoms with van der Waals surface area (Å²) in [6, 6.07) is 7.08. The largest absolute Gasteiger partial charge is 0.285 e. The van der Waals surface area contributed by atoms with E-state index >= 15 is 0 Å². The van der Waals surface area contributed by atoms with Gasteiger partial charge in [0.25, 0.3) is 0 Å². The second kappa shape index (κ2) is 3.37. The number of alkyl halides is 1. The molecule has 2 heteroatoms. The predicted molar refractivity (Wildman–Crippen MR) is 40.8 cm³/mol. The normalized spacial score (nSPS) is 9.30. The highest BCUT2D eigenvalue weighted by Gasteiger charge is 1.91. The summed E-state index contributed by atoms with van der Waals surface area (Å²) in [6.45, 7) is 0. The Morgan fingerprint density at radius 1 is 1.50 bits per heavy atom. The third-order valence-corrected chi connectivity index (χ3v) is 1.51. The Bertz CT molecular complexity index is 232. The maximum atomic E-state index is 10.1. The molecule has 0 amide bonds. The summed E-state index contributed by atoms with van der Waals surface area (Å²) in [7, 11) is 0. The van der Waals surface area contributed by atoms with Crippen molar-refractivity contribution in [3.63, 3.8) is 0 Å². The molecule has 1 rings (SSSR count). The Balaban J connectivity index is 2.98. The van der Waals surface area contributed by atoms with Crippen molar-refractivity contribution >= 4 is 17.9 Å². The van der Waals surface area contributed by atoms with Gasteiger partial charge in [0, 0.05) is 11.4 Å². The Hall–Kier alpha value is -0.820. The van der Waals surface area contributed by atoms with Gasteiger partial charge in [-0.05, 0) is 11.6 Å². The summed E-state index contributed by atoms with van der Waals surface area (Å²) in [5, 5.41) is 0. The second-order valence-electron chi connectivity index (χ2n) is 1.94. The first-order valence-corrected chi connectivity index (χ1v) is 3.43. The number of hydrogen-bond donors (Lipinski definition) is 0. The van der Waals surface area contributed by atoms with E-state index in [1.54, 1.807) is 24.5 Å². The second-order valence-corrected chi connectivity index (χ2v) is 2.20. The van der Waals surface area contributed by atoms with Crippen LogP contribution >= 0.6 is 11.6 Å². The molecule has 1 aromatic rings. The molecule has 0 bridgehead atoms. The molecule has 0 aromatic heterocycles. The van der Waals surface area contributed by atoms with Gasteiger partial charge in [0.1, 0.15) is 0 Å². The zero-order valence-corrected chi connectivity index (χ0v) is 6.06. The van der Waals surface area contributed by atoms with Crippen LogP contribution in [0.4, 0.5) is 0 Å². The van der Waals surface area contributed by atoms with Gasteiger partial charge in [-0.25, -0.2) is 0 Å². The zero-order chi connectivity index (χ0) is 7.40. The highest BCUT2D eigenvalue weighted by atomic mass is 35.5. The lowest BCUT2D eigenvalue weighted by molar-refractivity contribution is 0.562. The van der Waals surface area contributed by atoms with Crippen molar-refractivity contribution in [2.24, 2.45) is 0 Å². The van der Waals surface area contributed by atoms with Crippen LogP contribution in [0.15, 0.2) is 24.3 Å². The minimum absolute atomic E-state index is 0.440. The molecule has 0 aliphatic heterocycles. The maximum Gasteiger partial charge on any atom is 0.233 e. The predicted octanol–water partition coefficient (Wildman–Crippen LogP) is 1.88. The van der Waals surface area contributed by atoms with Gasteiger partial charge in [-0.1, -0.05) is 18.2 Å². The minimum atomic E-state index is 0.440. The van der Waals surface area contributed by atoms with Crippen molar-refractivity contribution in [3.05, 3.63) is 35.4 Å². The van der Waals surface area contributed by atoms with E-state index in [9.17, 15) is 4.79 Å². The average molecular weight is 154 g/mol. The van der Waals surface area contributed by atoms with Crippen LogP contribution in [0.3, 0.4) is 0 Å². The van der Waals surface area contributed by atoms with Gasteiger partial charge in [0.15, 0.2) is 0 Å². The van der Waals surface area contributed by atoms with Crippen molar-refractivity contribution in [2.45, 2.75) is 5.88 Å².